The van der Waals surface area contributed by atoms with Crippen LogP contribution in [-0.2, 0) is 10.1 Å². The summed E-state index contributed by atoms with van der Waals surface area (Å²) >= 11 is 7.82. The quantitative estimate of drug-likeness (QED) is 0.245. The van der Waals surface area contributed by atoms with Crippen molar-refractivity contribution in [1.29, 1.82) is 0 Å². The first-order valence-electron chi connectivity index (χ1n) is 9.62. The number of anilines is 2. The van der Waals surface area contributed by atoms with Crippen LogP contribution in [0.25, 0.3) is 20.8 Å². The molecule has 12 heteroatoms. The normalized spacial score (nSPS) is 11.4. The predicted molar refractivity (Wildman–Crippen MR) is 132 cm³/mol. The van der Waals surface area contributed by atoms with Gasteiger partial charge in [0.1, 0.15) is 15.4 Å². The number of nitrogens with two attached hydrogens (primary N) is 1. The van der Waals surface area contributed by atoms with Crippen LogP contribution in [0.3, 0.4) is 0 Å². The zero-order valence-electron chi connectivity index (χ0n) is 17.8. The first-order valence-corrected chi connectivity index (χ1v) is 12.3. The zero-order chi connectivity index (χ0) is 24.6. The maximum Gasteiger partial charge on any atom is 0.295 e. The number of hydrogen-bond donors (Lipinski definition) is 3. The van der Waals surface area contributed by atoms with Gasteiger partial charge in [0.15, 0.2) is 11.5 Å². The average Bonchev–Trinajstić information content (AvgIpc) is 3.23. The first-order chi connectivity index (χ1) is 16.1. The van der Waals surface area contributed by atoms with Gasteiger partial charge in [-0.25, -0.2) is 4.98 Å². The predicted octanol–water partition coefficient (Wildman–Crippen LogP) is 4.72. The zero-order valence-corrected chi connectivity index (χ0v) is 20.2. The SMILES string of the molecule is COc1ccc(NC(=O)c2c(S(=O)(=O)O)ccc(-c3nc4c(N)cccc4s3)c2Cl)cc1OC. The lowest BCUT2D eigenvalue weighted by molar-refractivity contribution is 0.102. The van der Waals surface area contributed by atoms with Crippen LogP contribution in [0, 0.1) is 0 Å². The molecule has 0 aliphatic heterocycles. The van der Waals surface area contributed by atoms with Gasteiger partial charge in [-0.3, -0.25) is 9.35 Å². The number of nitrogen functional groups attached to an aromatic ring is 1. The second kappa shape index (κ2) is 9.11. The fourth-order valence-corrected chi connectivity index (χ4v) is 5.52. The molecule has 3 aromatic carbocycles. The molecule has 0 unspecified atom stereocenters. The summed E-state index contributed by atoms with van der Waals surface area (Å²) in [6, 6.07) is 12.4. The molecule has 0 saturated heterocycles. The summed E-state index contributed by atoms with van der Waals surface area (Å²) in [5.74, 6) is -0.0659. The lowest BCUT2D eigenvalue weighted by Gasteiger charge is -2.14. The van der Waals surface area contributed by atoms with Gasteiger partial charge < -0.3 is 20.5 Å². The Labute approximate surface area is 203 Å². The molecule has 176 valence electrons. The third-order valence-electron chi connectivity index (χ3n) is 4.93. The molecule has 1 amide bonds. The fourth-order valence-electron chi connectivity index (χ4n) is 3.34. The van der Waals surface area contributed by atoms with Crippen LogP contribution in [0.1, 0.15) is 10.4 Å². The van der Waals surface area contributed by atoms with Gasteiger partial charge in [-0.1, -0.05) is 17.7 Å². The highest BCUT2D eigenvalue weighted by Gasteiger charge is 2.27. The third-order valence-corrected chi connectivity index (χ3v) is 7.27. The Morgan fingerprint density at radius 2 is 1.85 bits per heavy atom. The van der Waals surface area contributed by atoms with E-state index in [0.29, 0.717) is 33.3 Å². The van der Waals surface area contributed by atoms with E-state index in [1.165, 1.54) is 37.7 Å². The van der Waals surface area contributed by atoms with Crippen LogP contribution in [0.5, 0.6) is 11.5 Å². The van der Waals surface area contributed by atoms with Crippen molar-refractivity contribution in [2.24, 2.45) is 0 Å². The van der Waals surface area contributed by atoms with Gasteiger partial charge in [-0.15, -0.1) is 11.3 Å². The molecule has 1 aromatic heterocycles. The van der Waals surface area contributed by atoms with E-state index < -0.39 is 26.5 Å². The molecule has 34 heavy (non-hydrogen) atoms. The van der Waals surface area contributed by atoms with Gasteiger partial charge >= 0.3 is 0 Å². The van der Waals surface area contributed by atoms with Crippen molar-refractivity contribution < 1.29 is 27.2 Å². The molecule has 4 aromatic rings. The van der Waals surface area contributed by atoms with Crippen LogP contribution in [0.2, 0.25) is 5.02 Å². The van der Waals surface area contributed by atoms with Gasteiger partial charge in [0, 0.05) is 17.3 Å². The summed E-state index contributed by atoms with van der Waals surface area (Å²) < 4.78 is 45.0. The molecule has 4 N–H and O–H groups in total. The number of halogens is 1. The summed E-state index contributed by atoms with van der Waals surface area (Å²) in [6.45, 7) is 0. The number of rotatable bonds is 6. The van der Waals surface area contributed by atoms with Crippen molar-refractivity contribution in [3.05, 3.63) is 59.1 Å². The molecule has 0 fully saturated rings. The van der Waals surface area contributed by atoms with Gasteiger partial charge in [0.05, 0.1) is 35.2 Å². The number of nitrogens with one attached hydrogen (secondary N) is 1. The molecule has 0 atom stereocenters. The summed E-state index contributed by atoms with van der Waals surface area (Å²) in [6.07, 6.45) is 0. The van der Waals surface area contributed by atoms with E-state index in [-0.39, 0.29) is 10.7 Å². The number of carbonyl (C=O) groups excluding carboxylic acids is 1. The van der Waals surface area contributed by atoms with Gasteiger partial charge in [-0.05, 0) is 36.4 Å². The third kappa shape index (κ3) is 4.38. The maximum absolute atomic E-state index is 13.2. The Hall–Kier alpha value is -3.38. The van der Waals surface area contributed by atoms with Crippen LogP contribution in [0.15, 0.2) is 53.4 Å². The fraction of sp³-hybridized carbons (Fsp3) is 0.0909. The number of carbonyl (C=O) groups is 1. The Morgan fingerprint density at radius 1 is 1.12 bits per heavy atom. The van der Waals surface area contributed by atoms with Crippen LogP contribution in [0.4, 0.5) is 11.4 Å². The van der Waals surface area contributed by atoms with Crippen molar-refractivity contribution in [2.45, 2.75) is 4.90 Å². The Morgan fingerprint density at radius 3 is 2.50 bits per heavy atom. The number of para-hydroxylation sites is 1. The number of fused-ring (bicyclic) bond motifs is 1. The average molecular weight is 520 g/mol. The van der Waals surface area contributed by atoms with Crippen molar-refractivity contribution in [3.63, 3.8) is 0 Å². The molecule has 0 saturated carbocycles. The van der Waals surface area contributed by atoms with E-state index in [0.717, 1.165) is 10.8 Å². The van der Waals surface area contributed by atoms with Crippen LogP contribution >= 0.6 is 22.9 Å². The number of hydrogen-bond acceptors (Lipinski definition) is 8. The molecule has 1 heterocycles. The van der Waals surface area contributed by atoms with Crippen LogP contribution in [-0.4, -0.2) is 38.1 Å². The molecule has 0 aliphatic rings. The molecule has 0 bridgehead atoms. The van der Waals surface area contributed by atoms with E-state index in [1.807, 2.05) is 6.07 Å². The standard InChI is InChI=1S/C22H18ClN3O6S2/c1-31-14-8-6-11(10-15(14)32-2)25-21(27)18-17(34(28,29)30)9-7-12(19(18)23)22-26-20-13(24)4-3-5-16(20)33-22/h3-10H,24H2,1-2H3,(H,25,27)(H,28,29,30). The Kier molecular flexibility index (Phi) is 6.36. The summed E-state index contributed by atoms with van der Waals surface area (Å²) in [4.78, 5) is 17.0. The topological polar surface area (TPSA) is 141 Å². The monoisotopic (exact) mass is 519 g/mol. The molecular formula is C22H18ClN3O6S2. The number of aromatic nitrogens is 1. The number of methoxy groups -OCH3 is 2. The van der Waals surface area contributed by atoms with Crippen molar-refractivity contribution in [1.82, 2.24) is 4.98 Å². The van der Waals surface area contributed by atoms with Gasteiger partial charge in [0.2, 0.25) is 0 Å². The van der Waals surface area contributed by atoms with Gasteiger partial charge in [-0.2, -0.15) is 8.42 Å². The summed E-state index contributed by atoms with van der Waals surface area (Å²) in [5.41, 5.74) is 7.20. The highest BCUT2D eigenvalue weighted by molar-refractivity contribution is 7.86. The van der Waals surface area contributed by atoms with E-state index in [1.54, 1.807) is 24.3 Å². The minimum absolute atomic E-state index is 0.189. The Balaban J connectivity index is 1.83. The number of thiazole rings is 1. The number of ether oxygens (including phenoxy) is 2. The molecule has 0 spiro atoms. The number of nitrogens with zero attached hydrogens (tertiary/aromatic N) is 1. The summed E-state index contributed by atoms with van der Waals surface area (Å²) in [5, 5.41) is 2.82. The second-order valence-corrected chi connectivity index (χ2v) is 9.81. The molecule has 4 rings (SSSR count). The van der Waals surface area contributed by atoms with Gasteiger partial charge in [0.25, 0.3) is 16.0 Å². The van der Waals surface area contributed by atoms with Crippen molar-refractivity contribution in [2.75, 3.05) is 25.3 Å². The first kappa shape index (κ1) is 23.8. The minimum Gasteiger partial charge on any atom is -0.493 e. The molecule has 9 nitrogen and oxygen atoms in total. The maximum atomic E-state index is 13.2. The minimum atomic E-state index is -4.77. The van der Waals surface area contributed by atoms with Crippen molar-refractivity contribution >= 4 is 60.6 Å². The highest BCUT2D eigenvalue weighted by Crippen LogP contribution is 2.40. The number of amides is 1. The van der Waals surface area contributed by atoms with Crippen molar-refractivity contribution in [3.8, 4) is 22.1 Å². The van der Waals surface area contributed by atoms with E-state index >= 15 is 0 Å². The lowest BCUT2D eigenvalue weighted by atomic mass is 10.1. The van der Waals surface area contributed by atoms with E-state index in [4.69, 9.17) is 26.8 Å². The molecule has 0 radical (unpaired) electrons. The van der Waals surface area contributed by atoms with E-state index in [2.05, 4.69) is 10.3 Å². The Bertz CT molecular complexity index is 1540. The summed E-state index contributed by atoms with van der Waals surface area (Å²) in [7, 11) is -1.87. The number of benzene rings is 3. The lowest BCUT2D eigenvalue weighted by Crippen LogP contribution is -2.17. The highest BCUT2D eigenvalue weighted by atomic mass is 35.5. The molecule has 0 aliphatic carbocycles. The van der Waals surface area contributed by atoms with Crippen LogP contribution < -0.4 is 20.5 Å². The van der Waals surface area contributed by atoms with E-state index in [9.17, 15) is 17.8 Å². The molecular weight excluding hydrogens is 502 g/mol. The largest absolute Gasteiger partial charge is 0.493 e. The smallest absolute Gasteiger partial charge is 0.295 e. The second-order valence-electron chi connectivity index (χ2n) is 7.01.